The Balaban J connectivity index is 2.41. The van der Waals surface area contributed by atoms with E-state index in [1.807, 2.05) is 6.92 Å². The number of aryl methyl sites for hydroxylation is 1. The standard InChI is InChI=1S/C14H10ClF3/c1-9-8-12(15)6-7-13(9)10-2-4-11(5-3-10)14(16,17)18/h2-8H,1H3. The monoisotopic (exact) mass is 270 g/mol. The Labute approximate surface area is 108 Å². The van der Waals surface area contributed by atoms with Crippen molar-refractivity contribution in [3.8, 4) is 11.1 Å². The van der Waals surface area contributed by atoms with E-state index >= 15 is 0 Å². The average Bonchev–Trinajstić information content (AvgIpc) is 2.28. The summed E-state index contributed by atoms with van der Waals surface area (Å²) >= 11 is 5.84. The lowest BCUT2D eigenvalue weighted by Gasteiger charge is -2.09. The molecule has 0 unspecified atom stereocenters. The first-order valence-electron chi connectivity index (χ1n) is 5.32. The molecular formula is C14H10ClF3. The fraction of sp³-hybridized carbons (Fsp3) is 0.143. The molecule has 18 heavy (non-hydrogen) atoms. The highest BCUT2D eigenvalue weighted by Crippen LogP contribution is 2.32. The van der Waals surface area contributed by atoms with E-state index in [1.54, 1.807) is 18.2 Å². The molecule has 0 aromatic heterocycles. The summed E-state index contributed by atoms with van der Waals surface area (Å²) in [5.74, 6) is 0. The molecule has 2 aromatic rings. The highest BCUT2D eigenvalue weighted by atomic mass is 35.5. The Morgan fingerprint density at radius 3 is 2.06 bits per heavy atom. The van der Waals surface area contributed by atoms with Crippen molar-refractivity contribution >= 4 is 11.6 Å². The number of hydrogen-bond acceptors (Lipinski definition) is 0. The van der Waals surface area contributed by atoms with Gasteiger partial charge in [0, 0.05) is 5.02 Å². The number of rotatable bonds is 1. The van der Waals surface area contributed by atoms with Gasteiger partial charge in [0.1, 0.15) is 0 Å². The van der Waals surface area contributed by atoms with Crippen LogP contribution in [-0.2, 0) is 6.18 Å². The van der Waals surface area contributed by atoms with Gasteiger partial charge in [0.2, 0.25) is 0 Å². The third-order valence-corrected chi connectivity index (χ3v) is 2.95. The van der Waals surface area contributed by atoms with Crippen molar-refractivity contribution in [1.29, 1.82) is 0 Å². The van der Waals surface area contributed by atoms with Crippen LogP contribution in [0.1, 0.15) is 11.1 Å². The van der Waals surface area contributed by atoms with Gasteiger partial charge in [-0.25, -0.2) is 0 Å². The largest absolute Gasteiger partial charge is 0.416 e. The van der Waals surface area contributed by atoms with E-state index in [0.29, 0.717) is 5.02 Å². The molecule has 4 heteroatoms. The molecule has 0 heterocycles. The molecule has 0 fully saturated rings. The average molecular weight is 271 g/mol. The Kier molecular flexibility index (Phi) is 3.35. The molecule has 0 nitrogen and oxygen atoms in total. The summed E-state index contributed by atoms with van der Waals surface area (Å²) in [6.45, 7) is 1.87. The summed E-state index contributed by atoms with van der Waals surface area (Å²) in [6, 6.07) is 10.4. The van der Waals surface area contributed by atoms with E-state index in [9.17, 15) is 13.2 Å². The first kappa shape index (κ1) is 13.0. The van der Waals surface area contributed by atoms with Crippen LogP contribution in [0.4, 0.5) is 13.2 Å². The molecule has 0 aliphatic heterocycles. The molecule has 0 N–H and O–H groups in total. The number of alkyl halides is 3. The van der Waals surface area contributed by atoms with Crippen LogP contribution in [0.5, 0.6) is 0 Å². The minimum absolute atomic E-state index is 0.614. The Morgan fingerprint density at radius 2 is 1.56 bits per heavy atom. The minimum Gasteiger partial charge on any atom is -0.166 e. The predicted octanol–water partition coefficient (Wildman–Crippen LogP) is 5.33. The first-order chi connectivity index (χ1) is 8.38. The number of halogens is 4. The van der Waals surface area contributed by atoms with Crippen LogP contribution < -0.4 is 0 Å². The zero-order valence-electron chi connectivity index (χ0n) is 9.55. The highest BCUT2D eigenvalue weighted by Gasteiger charge is 2.29. The topological polar surface area (TPSA) is 0 Å². The third kappa shape index (κ3) is 2.67. The highest BCUT2D eigenvalue weighted by molar-refractivity contribution is 6.30. The van der Waals surface area contributed by atoms with Crippen molar-refractivity contribution in [2.24, 2.45) is 0 Å². The van der Waals surface area contributed by atoms with Gasteiger partial charge in [-0.1, -0.05) is 29.8 Å². The molecule has 94 valence electrons. The molecule has 0 bridgehead atoms. The van der Waals surface area contributed by atoms with Crippen LogP contribution in [0.2, 0.25) is 5.02 Å². The van der Waals surface area contributed by atoms with Crippen molar-refractivity contribution < 1.29 is 13.2 Å². The van der Waals surface area contributed by atoms with E-state index in [0.717, 1.165) is 28.8 Å². The maximum Gasteiger partial charge on any atom is 0.416 e. The molecule has 0 saturated heterocycles. The lowest BCUT2D eigenvalue weighted by Crippen LogP contribution is -2.04. The lowest BCUT2D eigenvalue weighted by atomic mass is 9.99. The molecule has 0 radical (unpaired) electrons. The van der Waals surface area contributed by atoms with Gasteiger partial charge >= 0.3 is 6.18 Å². The zero-order valence-corrected chi connectivity index (χ0v) is 10.3. The van der Waals surface area contributed by atoms with Gasteiger partial charge in [-0.3, -0.25) is 0 Å². The maximum absolute atomic E-state index is 12.4. The Bertz CT molecular complexity index is 556. The fourth-order valence-electron chi connectivity index (χ4n) is 1.79. The predicted molar refractivity (Wildman–Crippen MR) is 66.6 cm³/mol. The summed E-state index contributed by atoms with van der Waals surface area (Å²) in [6.07, 6.45) is -4.30. The molecule has 0 atom stereocenters. The molecule has 2 aromatic carbocycles. The Morgan fingerprint density at radius 1 is 0.944 bits per heavy atom. The van der Waals surface area contributed by atoms with Gasteiger partial charge in [0.15, 0.2) is 0 Å². The summed E-state index contributed by atoms with van der Waals surface area (Å²) in [5, 5.41) is 0.614. The third-order valence-electron chi connectivity index (χ3n) is 2.71. The van der Waals surface area contributed by atoms with Gasteiger partial charge in [-0.05, 0) is 47.9 Å². The van der Waals surface area contributed by atoms with E-state index < -0.39 is 11.7 Å². The first-order valence-corrected chi connectivity index (χ1v) is 5.69. The van der Waals surface area contributed by atoms with Crippen molar-refractivity contribution in [1.82, 2.24) is 0 Å². The van der Waals surface area contributed by atoms with Gasteiger partial charge in [0.25, 0.3) is 0 Å². The van der Waals surface area contributed by atoms with Gasteiger partial charge in [-0.2, -0.15) is 13.2 Å². The van der Waals surface area contributed by atoms with Crippen LogP contribution in [-0.4, -0.2) is 0 Å². The molecule has 2 rings (SSSR count). The fourth-order valence-corrected chi connectivity index (χ4v) is 2.02. The smallest absolute Gasteiger partial charge is 0.166 e. The van der Waals surface area contributed by atoms with Crippen molar-refractivity contribution in [2.45, 2.75) is 13.1 Å². The molecule has 0 spiro atoms. The summed E-state index contributed by atoms with van der Waals surface area (Å²) < 4.78 is 37.3. The van der Waals surface area contributed by atoms with E-state index in [2.05, 4.69) is 0 Å². The van der Waals surface area contributed by atoms with E-state index in [-0.39, 0.29) is 0 Å². The summed E-state index contributed by atoms with van der Waals surface area (Å²) in [4.78, 5) is 0. The molecular weight excluding hydrogens is 261 g/mol. The number of benzene rings is 2. The van der Waals surface area contributed by atoms with Crippen LogP contribution in [0.3, 0.4) is 0 Å². The second kappa shape index (κ2) is 4.65. The second-order valence-electron chi connectivity index (χ2n) is 4.03. The Hall–Kier alpha value is -1.48. The molecule has 0 aliphatic rings. The van der Waals surface area contributed by atoms with Crippen molar-refractivity contribution in [3.63, 3.8) is 0 Å². The van der Waals surface area contributed by atoms with Crippen molar-refractivity contribution in [2.75, 3.05) is 0 Å². The molecule has 0 aliphatic carbocycles. The quantitative estimate of drug-likeness (QED) is 0.657. The molecule has 0 amide bonds. The summed E-state index contributed by atoms with van der Waals surface area (Å²) in [5.41, 5.74) is 1.92. The van der Waals surface area contributed by atoms with E-state index in [1.165, 1.54) is 12.1 Å². The van der Waals surface area contributed by atoms with Crippen LogP contribution in [0.15, 0.2) is 42.5 Å². The zero-order chi connectivity index (χ0) is 13.3. The minimum atomic E-state index is -4.30. The maximum atomic E-state index is 12.4. The lowest BCUT2D eigenvalue weighted by molar-refractivity contribution is -0.137. The van der Waals surface area contributed by atoms with Crippen LogP contribution >= 0.6 is 11.6 Å². The van der Waals surface area contributed by atoms with Crippen LogP contribution in [0.25, 0.3) is 11.1 Å². The van der Waals surface area contributed by atoms with Crippen molar-refractivity contribution in [3.05, 3.63) is 58.6 Å². The van der Waals surface area contributed by atoms with Gasteiger partial charge in [0.05, 0.1) is 5.56 Å². The number of hydrogen-bond donors (Lipinski definition) is 0. The van der Waals surface area contributed by atoms with E-state index in [4.69, 9.17) is 11.6 Å². The van der Waals surface area contributed by atoms with Crippen LogP contribution in [0, 0.1) is 6.92 Å². The van der Waals surface area contributed by atoms with Gasteiger partial charge < -0.3 is 0 Å². The summed E-state index contributed by atoms with van der Waals surface area (Å²) in [7, 11) is 0. The molecule has 0 saturated carbocycles. The SMILES string of the molecule is Cc1cc(Cl)ccc1-c1ccc(C(F)(F)F)cc1. The van der Waals surface area contributed by atoms with Gasteiger partial charge in [-0.15, -0.1) is 0 Å². The normalized spacial score (nSPS) is 11.6. The second-order valence-corrected chi connectivity index (χ2v) is 4.47.